The second-order valence-electron chi connectivity index (χ2n) is 3.24. The lowest BCUT2D eigenvalue weighted by Crippen LogP contribution is -2.15. The Morgan fingerprint density at radius 1 is 1.67 bits per heavy atom. The maximum Gasteiger partial charge on any atom is 0.159 e. The highest BCUT2D eigenvalue weighted by atomic mass is 16.5. The van der Waals surface area contributed by atoms with E-state index in [0.717, 1.165) is 25.0 Å². The zero-order chi connectivity index (χ0) is 8.97. The van der Waals surface area contributed by atoms with Gasteiger partial charge in [0.05, 0.1) is 7.11 Å². The summed E-state index contributed by atoms with van der Waals surface area (Å²) in [6.07, 6.45) is 5.60. The van der Waals surface area contributed by atoms with Crippen molar-refractivity contribution in [2.75, 3.05) is 7.11 Å². The standard InChI is InChI=1S/C10H16O2/c1-3-4-8-5-6-9(11)7-10(8)12-2/h7-8H,3-6H2,1-2H3. The van der Waals surface area contributed by atoms with E-state index in [1.807, 2.05) is 0 Å². The summed E-state index contributed by atoms with van der Waals surface area (Å²) in [7, 11) is 1.65. The molecule has 0 heterocycles. The van der Waals surface area contributed by atoms with Crippen LogP contribution in [-0.2, 0) is 9.53 Å². The minimum Gasteiger partial charge on any atom is -0.501 e. The van der Waals surface area contributed by atoms with Crippen LogP contribution in [0.2, 0.25) is 0 Å². The molecule has 0 saturated carbocycles. The van der Waals surface area contributed by atoms with E-state index in [0.29, 0.717) is 12.3 Å². The second kappa shape index (κ2) is 4.29. The largest absolute Gasteiger partial charge is 0.501 e. The van der Waals surface area contributed by atoms with Gasteiger partial charge in [0.1, 0.15) is 5.76 Å². The molecule has 1 unspecified atom stereocenters. The predicted octanol–water partition coefficient (Wildman–Crippen LogP) is 2.30. The van der Waals surface area contributed by atoms with Crippen LogP contribution in [0.3, 0.4) is 0 Å². The number of methoxy groups -OCH3 is 1. The van der Waals surface area contributed by atoms with Crippen molar-refractivity contribution in [3.8, 4) is 0 Å². The SMILES string of the molecule is CCCC1CCC(=O)C=C1OC. The van der Waals surface area contributed by atoms with Gasteiger partial charge in [-0.25, -0.2) is 0 Å². The van der Waals surface area contributed by atoms with Crippen LogP contribution in [0.5, 0.6) is 0 Å². The Bertz CT molecular complexity index is 194. The molecule has 2 heteroatoms. The van der Waals surface area contributed by atoms with Crippen LogP contribution >= 0.6 is 0 Å². The first-order valence-electron chi connectivity index (χ1n) is 4.56. The molecule has 0 aromatic carbocycles. The molecule has 1 aliphatic rings. The number of allylic oxidation sites excluding steroid dienone is 2. The maximum atomic E-state index is 11.0. The number of carbonyl (C=O) groups excluding carboxylic acids is 1. The van der Waals surface area contributed by atoms with Gasteiger partial charge in [0.25, 0.3) is 0 Å². The molecule has 12 heavy (non-hydrogen) atoms. The summed E-state index contributed by atoms with van der Waals surface area (Å²) in [6, 6.07) is 0. The molecule has 68 valence electrons. The number of rotatable bonds is 3. The average Bonchev–Trinajstić information content (AvgIpc) is 2.08. The number of carbonyl (C=O) groups is 1. The van der Waals surface area contributed by atoms with Gasteiger partial charge < -0.3 is 4.74 Å². The molecule has 0 aliphatic heterocycles. The highest BCUT2D eigenvalue weighted by Gasteiger charge is 2.20. The minimum absolute atomic E-state index is 0.208. The van der Waals surface area contributed by atoms with Crippen molar-refractivity contribution in [2.45, 2.75) is 32.6 Å². The average molecular weight is 168 g/mol. The summed E-state index contributed by atoms with van der Waals surface area (Å²) < 4.78 is 5.17. The van der Waals surface area contributed by atoms with E-state index in [2.05, 4.69) is 6.92 Å². The number of hydrogen-bond acceptors (Lipinski definition) is 2. The third-order valence-electron chi connectivity index (χ3n) is 2.32. The van der Waals surface area contributed by atoms with Crippen molar-refractivity contribution < 1.29 is 9.53 Å². The molecule has 0 amide bonds. The molecule has 0 N–H and O–H groups in total. The summed E-state index contributed by atoms with van der Waals surface area (Å²) >= 11 is 0. The highest BCUT2D eigenvalue weighted by Crippen LogP contribution is 2.27. The monoisotopic (exact) mass is 168 g/mol. The van der Waals surface area contributed by atoms with E-state index in [1.165, 1.54) is 0 Å². The molecule has 0 fully saturated rings. The normalized spacial score (nSPS) is 23.7. The van der Waals surface area contributed by atoms with Crippen molar-refractivity contribution in [1.29, 1.82) is 0 Å². The molecule has 0 bridgehead atoms. The summed E-state index contributed by atoms with van der Waals surface area (Å²) in [4.78, 5) is 11.0. The van der Waals surface area contributed by atoms with Gasteiger partial charge in [-0.15, -0.1) is 0 Å². The quantitative estimate of drug-likeness (QED) is 0.646. The molecule has 0 saturated heterocycles. The third-order valence-corrected chi connectivity index (χ3v) is 2.32. The first kappa shape index (κ1) is 9.30. The van der Waals surface area contributed by atoms with Gasteiger partial charge in [0.15, 0.2) is 5.78 Å². The van der Waals surface area contributed by atoms with E-state index in [-0.39, 0.29) is 5.78 Å². The fourth-order valence-corrected chi connectivity index (χ4v) is 1.67. The van der Waals surface area contributed by atoms with Crippen LogP contribution in [0.1, 0.15) is 32.6 Å². The van der Waals surface area contributed by atoms with Gasteiger partial charge in [-0.3, -0.25) is 4.79 Å². The van der Waals surface area contributed by atoms with Crippen molar-refractivity contribution in [1.82, 2.24) is 0 Å². The lowest BCUT2D eigenvalue weighted by molar-refractivity contribution is -0.115. The van der Waals surface area contributed by atoms with Crippen LogP contribution in [0.4, 0.5) is 0 Å². The van der Waals surface area contributed by atoms with Crippen molar-refractivity contribution in [3.05, 3.63) is 11.8 Å². The molecule has 0 aromatic heterocycles. The molecular weight excluding hydrogens is 152 g/mol. The Hall–Kier alpha value is -0.790. The topological polar surface area (TPSA) is 26.3 Å². The van der Waals surface area contributed by atoms with Crippen molar-refractivity contribution in [3.63, 3.8) is 0 Å². The van der Waals surface area contributed by atoms with E-state index >= 15 is 0 Å². The summed E-state index contributed by atoms with van der Waals surface area (Å²) in [5, 5.41) is 0. The van der Waals surface area contributed by atoms with E-state index in [1.54, 1.807) is 13.2 Å². The van der Waals surface area contributed by atoms with Crippen molar-refractivity contribution in [2.24, 2.45) is 5.92 Å². The zero-order valence-electron chi connectivity index (χ0n) is 7.80. The van der Waals surface area contributed by atoms with Crippen LogP contribution in [0.15, 0.2) is 11.8 Å². The van der Waals surface area contributed by atoms with Gasteiger partial charge >= 0.3 is 0 Å². The molecule has 1 atom stereocenters. The maximum absolute atomic E-state index is 11.0. The fourth-order valence-electron chi connectivity index (χ4n) is 1.67. The first-order chi connectivity index (χ1) is 5.77. The molecule has 0 aromatic rings. The summed E-state index contributed by atoms with van der Waals surface area (Å²) in [6.45, 7) is 2.16. The zero-order valence-corrected chi connectivity index (χ0v) is 7.80. The lowest BCUT2D eigenvalue weighted by Gasteiger charge is -2.21. The Morgan fingerprint density at radius 3 is 3.00 bits per heavy atom. The minimum atomic E-state index is 0.208. The van der Waals surface area contributed by atoms with Gasteiger partial charge in [0.2, 0.25) is 0 Å². The molecule has 2 nitrogen and oxygen atoms in total. The van der Waals surface area contributed by atoms with Gasteiger partial charge in [-0.2, -0.15) is 0 Å². The first-order valence-corrected chi connectivity index (χ1v) is 4.56. The molecule has 0 spiro atoms. The highest BCUT2D eigenvalue weighted by molar-refractivity contribution is 5.90. The van der Waals surface area contributed by atoms with Crippen LogP contribution in [-0.4, -0.2) is 12.9 Å². The Morgan fingerprint density at radius 2 is 2.42 bits per heavy atom. The van der Waals surface area contributed by atoms with E-state index < -0.39 is 0 Å². The van der Waals surface area contributed by atoms with Crippen molar-refractivity contribution >= 4 is 5.78 Å². The molecule has 1 rings (SSSR count). The fraction of sp³-hybridized carbons (Fsp3) is 0.700. The summed E-state index contributed by atoms with van der Waals surface area (Å²) in [5.41, 5.74) is 0. The Kier molecular flexibility index (Phi) is 3.32. The predicted molar refractivity (Wildman–Crippen MR) is 47.7 cm³/mol. The third kappa shape index (κ3) is 2.10. The van der Waals surface area contributed by atoms with Crippen LogP contribution in [0.25, 0.3) is 0 Å². The van der Waals surface area contributed by atoms with Gasteiger partial charge in [-0.05, 0) is 12.8 Å². The number of hydrogen-bond donors (Lipinski definition) is 0. The van der Waals surface area contributed by atoms with Crippen LogP contribution < -0.4 is 0 Å². The number of ketones is 1. The Labute approximate surface area is 73.6 Å². The smallest absolute Gasteiger partial charge is 0.159 e. The van der Waals surface area contributed by atoms with Gasteiger partial charge in [-0.1, -0.05) is 13.3 Å². The molecule has 0 radical (unpaired) electrons. The van der Waals surface area contributed by atoms with Crippen LogP contribution in [0, 0.1) is 5.92 Å². The lowest BCUT2D eigenvalue weighted by atomic mass is 9.89. The second-order valence-corrected chi connectivity index (χ2v) is 3.24. The molecule has 1 aliphatic carbocycles. The van der Waals surface area contributed by atoms with Gasteiger partial charge in [0, 0.05) is 18.4 Å². The number of ether oxygens (including phenoxy) is 1. The van der Waals surface area contributed by atoms with E-state index in [4.69, 9.17) is 4.74 Å². The molecular formula is C10H16O2. The Balaban J connectivity index is 2.63. The van der Waals surface area contributed by atoms with E-state index in [9.17, 15) is 4.79 Å². The summed E-state index contributed by atoms with van der Waals surface area (Å²) in [5.74, 6) is 1.57.